The van der Waals surface area contributed by atoms with Crippen molar-refractivity contribution in [2.45, 2.75) is 0 Å². The fourth-order valence-corrected chi connectivity index (χ4v) is 0. The van der Waals surface area contributed by atoms with Crippen LogP contribution < -0.4 is 0 Å². The third-order valence-electron chi connectivity index (χ3n) is 0. The summed E-state index contributed by atoms with van der Waals surface area (Å²) in [5, 5.41) is 0. The molecule has 0 aliphatic heterocycles. The standard InChI is InChI=1S/Ni.2P.Zn. The summed E-state index contributed by atoms with van der Waals surface area (Å²) in [4.78, 5) is 0. The monoisotopic (exact) mass is 184 g/mol. The van der Waals surface area contributed by atoms with Crippen LogP contribution in [0.2, 0.25) is 0 Å². The molecule has 0 aliphatic carbocycles. The van der Waals surface area contributed by atoms with Gasteiger partial charge in [-0.1, -0.05) is 0 Å². The van der Waals surface area contributed by atoms with Crippen molar-refractivity contribution in [2.75, 3.05) is 0 Å². The maximum absolute atomic E-state index is 3.84. The van der Waals surface area contributed by atoms with Crippen LogP contribution in [-0.4, -0.2) is 0 Å². The summed E-state index contributed by atoms with van der Waals surface area (Å²) in [5.74, 6) is 0. The molecule has 0 bridgehead atoms. The Bertz CT molecular complexity index is 79.2. The zero-order valence-electron chi connectivity index (χ0n) is 1.92. The summed E-state index contributed by atoms with van der Waals surface area (Å²) < 4.78 is 0. The van der Waals surface area contributed by atoms with Crippen LogP contribution in [0.1, 0.15) is 0 Å². The predicted molar refractivity (Wildman–Crippen MR) is 13.8 cm³/mol. The van der Waals surface area contributed by atoms with Crippen LogP contribution in [0.4, 0.5) is 0 Å². The average Bonchev–Trinajstić information content (AvgIpc) is 0.918. The van der Waals surface area contributed by atoms with Crippen LogP contribution in [0.15, 0.2) is 0 Å². The van der Waals surface area contributed by atoms with Gasteiger partial charge in [-0.2, -0.15) is 0 Å². The molecular weight excluding hydrogens is 186 g/mol. The summed E-state index contributed by atoms with van der Waals surface area (Å²) in [7, 11) is 0. The van der Waals surface area contributed by atoms with Crippen LogP contribution in [0.5, 0.6) is 0 Å². The molecule has 0 saturated heterocycles. The van der Waals surface area contributed by atoms with Crippen LogP contribution in [-0.2, 0) is 31.2 Å². The zero-order chi connectivity index (χ0) is 2.71. The van der Waals surface area contributed by atoms with Crippen molar-refractivity contribution in [1.82, 2.24) is 0 Å². The third kappa shape index (κ3) is 9.02. The first-order valence-corrected chi connectivity index (χ1v) is 9.86. The minimum absolute atomic E-state index is 0. The molecule has 0 N–H and O–H groups in total. The molecule has 0 aromatic heterocycles. The molecule has 22 valence electrons. The van der Waals surface area contributed by atoms with Gasteiger partial charge in [0.15, 0.2) is 0 Å². The van der Waals surface area contributed by atoms with E-state index >= 15 is 0 Å². The Labute approximate surface area is 45.1 Å². The second-order valence-electron chi connectivity index (χ2n) is 0.141. The molecular formula is NiP2Zn. The Morgan fingerprint density at radius 3 is 1.25 bits per heavy atom. The Hall–Kier alpha value is 1.98. The van der Waals surface area contributed by atoms with E-state index in [1.807, 2.05) is 0 Å². The van der Waals surface area contributed by atoms with E-state index in [1.165, 1.54) is 0 Å². The first-order valence-electron chi connectivity index (χ1n) is 0.632. The average molecular weight is 186 g/mol. The van der Waals surface area contributed by atoms with Gasteiger partial charge in [-0.05, 0) is 0 Å². The van der Waals surface area contributed by atoms with Gasteiger partial charge in [0.25, 0.3) is 0 Å². The first-order chi connectivity index (χ1) is 1.41. The van der Waals surface area contributed by atoms with Crippen molar-refractivity contribution in [3.05, 3.63) is 0 Å². The second-order valence-corrected chi connectivity index (χ2v) is 6.61. The minimum atomic E-state index is -0.486. The first kappa shape index (κ1) is 9.36. The molecule has 0 unspecified atom stereocenters. The number of hydrogen-bond donors (Lipinski definition) is 0. The van der Waals surface area contributed by atoms with E-state index in [4.69, 9.17) is 0 Å². The molecule has 0 aromatic rings. The molecule has 0 nitrogen and oxygen atoms in total. The quantitative estimate of drug-likeness (QED) is 0.399. The summed E-state index contributed by atoms with van der Waals surface area (Å²) >= 11 is -0.486. The van der Waals surface area contributed by atoms with Gasteiger partial charge in [0.2, 0.25) is 0 Å². The Morgan fingerprint density at radius 2 is 1.25 bits per heavy atom. The van der Waals surface area contributed by atoms with Gasteiger partial charge < -0.3 is 0 Å². The third-order valence-corrected chi connectivity index (χ3v) is 0. The Balaban J connectivity index is 0. The molecule has 0 amide bonds. The molecule has 0 saturated carbocycles. The molecule has 4 heavy (non-hydrogen) atoms. The Morgan fingerprint density at radius 1 is 1.25 bits per heavy atom. The summed E-state index contributed by atoms with van der Waals surface area (Å²) in [6, 6.07) is 0. The van der Waals surface area contributed by atoms with E-state index < -0.39 is 14.7 Å². The van der Waals surface area contributed by atoms with Gasteiger partial charge in [-0.3, -0.25) is 0 Å². The fraction of sp³-hybridized carbons (Fsp3) is 0. The van der Waals surface area contributed by atoms with E-state index in [2.05, 4.69) is 13.8 Å². The van der Waals surface area contributed by atoms with Gasteiger partial charge in [0.1, 0.15) is 0 Å². The molecule has 0 rings (SSSR count). The van der Waals surface area contributed by atoms with Crippen molar-refractivity contribution < 1.29 is 31.2 Å². The molecule has 0 aromatic carbocycles. The topological polar surface area (TPSA) is 0 Å². The molecule has 0 fully saturated rings. The van der Waals surface area contributed by atoms with E-state index in [-0.39, 0.29) is 16.5 Å². The van der Waals surface area contributed by atoms with Gasteiger partial charge in [0, 0.05) is 16.5 Å². The van der Waals surface area contributed by atoms with Crippen LogP contribution in [0, 0.1) is 0 Å². The van der Waals surface area contributed by atoms with E-state index in [1.54, 1.807) is 0 Å². The van der Waals surface area contributed by atoms with Crippen molar-refractivity contribution in [3.63, 3.8) is 0 Å². The van der Waals surface area contributed by atoms with Gasteiger partial charge >= 0.3 is 28.5 Å². The van der Waals surface area contributed by atoms with Crippen molar-refractivity contribution >= 4 is 13.8 Å². The van der Waals surface area contributed by atoms with Crippen LogP contribution >= 0.6 is 13.8 Å². The predicted octanol–water partition coefficient (Wildman–Crippen LogP) is 1.72. The second kappa shape index (κ2) is 8.88. The van der Waals surface area contributed by atoms with Crippen molar-refractivity contribution in [3.8, 4) is 0 Å². The van der Waals surface area contributed by atoms with Crippen LogP contribution in [0.25, 0.3) is 0 Å². The van der Waals surface area contributed by atoms with Crippen LogP contribution in [0.3, 0.4) is 0 Å². The van der Waals surface area contributed by atoms with E-state index in [0.29, 0.717) is 0 Å². The maximum atomic E-state index is 3.84. The molecule has 0 radical (unpaired) electrons. The van der Waals surface area contributed by atoms with Gasteiger partial charge in [-0.15, -0.1) is 0 Å². The Kier molecular flexibility index (Phi) is 20.8. The molecule has 0 aliphatic rings. The summed E-state index contributed by atoms with van der Waals surface area (Å²) in [6.07, 6.45) is 0. The van der Waals surface area contributed by atoms with Crippen molar-refractivity contribution in [2.24, 2.45) is 0 Å². The summed E-state index contributed by atoms with van der Waals surface area (Å²) in [6.45, 7) is 7.68. The summed E-state index contributed by atoms with van der Waals surface area (Å²) in [5.41, 5.74) is 0. The molecule has 0 spiro atoms. The molecule has 0 heterocycles. The van der Waals surface area contributed by atoms with E-state index in [0.717, 1.165) is 0 Å². The SMILES string of the molecule is [Ni].[P]#[Zn]#[P]. The van der Waals surface area contributed by atoms with Gasteiger partial charge in [-0.25, -0.2) is 0 Å². The number of rotatable bonds is 0. The number of hydrogen-bond acceptors (Lipinski definition) is 0. The fourth-order valence-electron chi connectivity index (χ4n) is 0. The van der Waals surface area contributed by atoms with Gasteiger partial charge in [0.05, 0.1) is 0 Å². The zero-order valence-corrected chi connectivity index (χ0v) is 7.66. The van der Waals surface area contributed by atoms with Crippen molar-refractivity contribution in [1.29, 1.82) is 0 Å². The molecule has 4 heteroatoms. The molecule has 0 atom stereocenters. The van der Waals surface area contributed by atoms with E-state index in [9.17, 15) is 0 Å². The normalized spacial score (nSPS) is 4.50.